The molecule has 5 heteroatoms. The van der Waals surface area contributed by atoms with E-state index >= 15 is 0 Å². The highest BCUT2D eigenvalue weighted by Gasteiger charge is 2.06. The maximum absolute atomic E-state index is 5.74. The van der Waals surface area contributed by atoms with E-state index in [1.54, 1.807) is 10.7 Å². The van der Waals surface area contributed by atoms with Gasteiger partial charge in [0, 0.05) is 6.20 Å². The van der Waals surface area contributed by atoms with Crippen molar-refractivity contribution in [2.45, 2.75) is 6.61 Å². The van der Waals surface area contributed by atoms with Crippen LogP contribution in [-0.4, -0.2) is 14.6 Å². The Balaban J connectivity index is 1.86. The standard InChI is InChI=1S/C13H12N4O/c14-13-15-12-11(7-4-8-17(12)16-13)18-9-10-5-2-1-3-6-10/h1-8H,9H2,(H2,14,16). The van der Waals surface area contributed by atoms with E-state index in [1.165, 1.54) is 0 Å². The summed E-state index contributed by atoms with van der Waals surface area (Å²) in [6.07, 6.45) is 1.79. The molecule has 18 heavy (non-hydrogen) atoms. The largest absolute Gasteiger partial charge is 0.485 e. The second kappa shape index (κ2) is 4.37. The van der Waals surface area contributed by atoms with Crippen LogP contribution in [-0.2, 0) is 6.61 Å². The molecule has 0 aliphatic carbocycles. The summed E-state index contributed by atoms with van der Waals surface area (Å²) in [5.74, 6) is 0.913. The highest BCUT2D eigenvalue weighted by molar-refractivity contribution is 5.54. The van der Waals surface area contributed by atoms with E-state index in [0.29, 0.717) is 18.0 Å². The van der Waals surface area contributed by atoms with Crippen LogP contribution in [0, 0.1) is 0 Å². The minimum absolute atomic E-state index is 0.241. The molecule has 3 rings (SSSR count). The van der Waals surface area contributed by atoms with Gasteiger partial charge in [0.2, 0.25) is 5.95 Å². The minimum atomic E-state index is 0.241. The third-order valence-electron chi connectivity index (χ3n) is 2.58. The zero-order chi connectivity index (χ0) is 12.4. The van der Waals surface area contributed by atoms with Crippen LogP contribution in [0.5, 0.6) is 5.75 Å². The van der Waals surface area contributed by atoms with Gasteiger partial charge in [-0.2, -0.15) is 4.98 Å². The summed E-state index contributed by atoms with van der Waals surface area (Å²) >= 11 is 0. The molecule has 2 aromatic heterocycles. The third kappa shape index (κ3) is 1.98. The van der Waals surface area contributed by atoms with Crippen molar-refractivity contribution >= 4 is 11.6 Å². The van der Waals surface area contributed by atoms with E-state index < -0.39 is 0 Å². The number of hydrogen-bond donors (Lipinski definition) is 1. The van der Waals surface area contributed by atoms with E-state index in [4.69, 9.17) is 10.5 Å². The van der Waals surface area contributed by atoms with Crippen LogP contribution in [0.15, 0.2) is 48.7 Å². The molecule has 0 bridgehead atoms. The van der Waals surface area contributed by atoms with Crippen LogP contribution < -0.4 is 10.5 Å². The fourth-order valence-electron chi connectivity index (χ4n) is 1.75. The van der Waals surface area contributed by atoms with Crippen LogP contribution in [0.2, 0.25) is 0 Å². The maximum atomic E-state index is 5.74. The van der Waals surface area contributed by atoms with Gasteiger partial charge < -0.3 is 10.5 Å². The van der Waals surface area contributed by atoms with E-state index in [0.717, 1.165) is 5.56 Å². The van der Waals surface area contributed by atoms with Crippen LogP contribution in [0.4, 0.5) is 5.95 Å². The van der Waals surface area contributed by atoms with Gasteiger partial charge in [-0.25, -0.2) is 4.52 Å². The molecule has 0 aliphatic heterocycles. The Morgan fingerprint density at radius 1 is 1.11 bits per heavy atom. The normalized spacial score (nSPS) is 10.7. The summed E-state index contributed by atoms with van der Waals surface area (Å²) in [6, 6.07) is 13.7. The molecular weight excluding hydrogens is 228 g/mol. The van der Waals surface area contributed by atoms with E-state index in [2.05, 4.69) is 10.1 Å². The molecule has 5 nitrogen and oxygen atoms in total. The molecule has 2 heterocycles. The van der Waals surface area contributed by atoms with Crippen LogP contribution in [0.1, 0.15) is 5.56 Å². The molecule has 0 radical (unpaired) electrons. The van der Waals surface area contributed by atoms with Crippen molar-refractivity contribution in [1.29, 1.82) is 0 Å². The van der Waals surface area contributed by atoms with Crippen molar-refractivity contribution in [2.24, 2.45) is 0 Å². The highest BCUT2D eigenvalue weighted by Crippen LogP contribution is 2.19. The van der Waals surface area contributed by atoms with Gasteiger partial charge in [0.1, 0.15) is 6.61 Å². The SMILES string of the molecule is Nc1nc2c(OCc3ccccc3)cccn2n1. The lowest BCUT2D eigenvalue weighted by Gasteiger charge is -2.06. The van der Waals surface area contributed by atoms with Crippen LogP contribution in [0.25, 0.3) is 5.65 Å². The van der Waals surface area contributed by atoms with Crippen molar-refractivity contribution in [3.8, 4) is 5.75 Å². The third-order valence-corrected chi connectivity index (χ3v) is 2.58. The molecule has 0 aliphatic rings. The van der Waals surface area contributed by atoms with Crippen molar-refractivity contribution < 1.29 is 4.74 Å². The molecule has 3 aromatic rings. The quantitative estimate of drug-likeness (QED) is 0.759. The first-order chi connectivity index (χ1) is 8.83. The molecule has 0 saturated heterocycles. The molecule has 0 spiro atoms. The molecule has 0 amide bonds. The molecular formula is C13H12N4O. The number of nitrogen functional groups attached to an aromatic ring is 1. The van der Waals surface area contributed by atoms with Crippen LogP contribution in [0.3, 0.4) is 0 Å². The first-order valence-electron chi connectivity index (χ1n) is 5.60. The molecule has 0 saturated carbocycles. The second-order valence-electron chi connectivity index (χ2n) is 3.88. The lowest BCUT2D eigenvalue weighted by atomic mass is 10.2. The maximum Gasteiger partial charge on any atom is 0.240 e. The van der Waals surface area contributed by atoms with E-state index in [1.807, 2.05) is 42.5 Å². The summed E-state index contributed by atoms with van der Waals surface area (Å²) < 4.78 is 7.35. The van der Waals surface area contributed by atoms with Crippen molar-refractivity contribution in [3.05, 3.63) is 54.2 Å². The Morgan fingerprint density at radius 3 is 2.78 bits per heavy atom. The lowest BCUT2D eigenvalue weighted by Crippen LogP contribution is -1.97. The van der Waals surface area contributed by atoms with Crippen molar-refractivity contribution in [1.82, 2.24) is 14.6 Å². The Morgan fingerprint density at radius 2 is 1.94 bits per heavy atom. The molecule has 90 valence electrons. The fraction of sp³-hybridized carbons (Fsp3) is 0.0769. The number of ether oxygens (including phenoxy) is 1. The number of pyridine rings is 1. The Bertz CT molecular complexity index is 663. The Labute approximate surface area is 104 Å². The number of fused-ring (bicyclic) bond motifs is 1. The van der Waals surface area contributed by atoms with Gasteiger partial charge in [0.15, 0.2) is 11.4 Å². The number of nitrogens with two attached hydrogens (primary N) is 1. The first kappa shape index (κ1) is 10.6. The topological polar surface area (TPSA) is 65.4 Å². The lowest BCUT2D eigenvalue weighted by molar-refractivity contribution is 0.308. The number of hydrogen-bond acceptors (Lipinski definition) is 4. The van der Waals surface area contributed by atoms with Crippen LogP contribution >= 0.6 is 0 Å². The number of anilines is 1. The van der Waals surface area contributed by atoms with Gasteiger partial charge in [0.05, 0.1) is 0 Å². The Hall–Kier alpha value is -2.56. The smallest absolute Gasteiger partial charge is 0.240 e. The zero-order valence-corrected chi connectivity index (χ0v) is 9.65. The number of aromatic nitrogens is 3. The second-order valence-corrected chi connectivity index (χ2v) is 3.88. The average molecular weight is 240 g/mol. The van der Waals surface area contributed by atoms with Crippen molar-refractivity contribution in [3.63, 3.8) is 0 Å². The summed E-state index contributed by atoms with van der Waals surface area (Å²) in [6.45, 7) is 0.493. The monoisotopic (exact) mass is 240 g/mol. The minimum Gasteiger partial charge on any atom is -0.485 e. The van der Waals surface area contributed by atoms with E-state index in [-0.39, 0.29) is 5.95 Å². The summed E-state index contributed by atoms with van der Waals surface area (Å²) in [5.41, 5.74) is 7.30. The Kier molecular flexibility index (Phi) is 2.57. The number of rotatable bonds is 3. The summed E-state index contributed by atoms with van der Waals surface area (Å²) in [7, 11) is 0. The molecule has 0 atom stereocenters. The summed E-state index contributed by atoms with van der Waals surface area (Å²) in [5, 5.41) is 4.03. The number of benzene rings is 1. The highest BCUT2D eigenvalue weighted by atomic mass is 16.5. The van der Waals surface area contributed by atoms with Gasteiger partial charge in [-0.05, 0) is 17.7 Å². The van der Waals surface area contributed by atoms with Gasteiger partial charge >= 0.3 is 0 Å². The van der Waals surface area contributed by atoms with Gasteiger partial charge in [0.25, 0.3) is 0 Å². The molecule has 0 unspecified atom stereocenters. The zero-order valence-electron chi connectivity index (χ0n) is 9.65. The summed E-state index contributed by atoms with van der Waals surface area (Å²) in [4.78, 5) is 4.13. The van der Waals surface area contributed by atoms with E-state index in [9.17, 15) is 0 Å². The predicted octanol–water partition coefficient (Wildman–Crippen LogP) is 1.89. The van der Waals surface area contributed by atoms with Crippen molar-refractivity contribution in [2.75, 3.05) is 5.73 Å². The molecule has 0 fully saturated rings. The predicted molar refractivity (Wildman–Crippen MR) is 68.2 cm³/mol. The van der Waals surface area contributed by atoms with Gasteiger partial charge in [-0.1, -0.05) is 30.3 Å². The first-order valence-corrected chi connectivity index (χ1v) is 5.60. The van der Waals surface area contributed by atoms with Gasteiger partial charge in [-0.15, -0.1) is 5.10 Å². The fourth-order valence-corrected chi connectivity index (χ4v) is 1.75. The van der Waals surface area contributed by atoms with Gasteiger partial charge in [-0.3, -0.25) is 0 Å². The molecule has 2 N–H and O–H groups in total. The average Bonchev–Trinajstić information content (AvgIpc) is 2.78. The number of nitrogens with zero attached hydrogens (tertiary/aromatic N) is 3. The molecule has 1 aromatic carbocycles.